The molecule has 0 aliphatic carbocycles. The van der Waals surface area contributed by atoms with Gasteiger partial charge >= 0.3 is 0 Å². The van der Waals surface area contributed by atoms with Crippen LogP contribution in [0.25, 0.3) is 0 Å². The van der Waals surface area contributed by atoms with Crippen LogP contribution in [0, 0.1) is 5.92 Å². The molecule has 124 valence electrons. The van der Waals surface area contributed by atoms with Crippen molar-refractivity contribution in [3.05, 3.63) is 36.2 Å². The molecule has 0 radical (unpaired) electrons. The minimum atomic E-state index is -0.444. The molecule has 2 atom stereocenters. The molecule has 1 aliphatic rings. The lowest BCUT2D eigenvalue weighted by molar-refractivity contribution is 0.101. The van der Waals surface area contributed by atoms with E-state index >= 15 is 0 Å². The van der Waals surface area contributed by atoms with Crippen molar-refractivity contribution in [1.29, 1.82) is 0 Å². The van der Waals surface area contributed by atoms with Gasteiger partial charge in [0.2, 0.25) is 11.8 Å². The molecule has 1 aromatic carbocycles. The van der Waals surface area contributed by atoms with E-state index in [0.717, 1.165) is 6.42 Å². The Balaban J connectivity index is 1.86. The van der Waals surface area contributed by atoms with Gasteiger partial charge in [-0.2, -0.15) is 20.1 Å². The molecule has 3 N–H and O–H groups in total. The number of amides is 1. The summed E-state index contributed by atoms with van der Waals surface area (Å²) in [5.74, 6) is 0.0670. The van der Waals surface area contributed by atoms with Crippen LogP contribution < -0.4 is 16.1 Å². The van der Waals surface area contributed by atoms with Gasteiger partial charge in [-0.15, -0.1) is 0 Å². The molecule has 1 aromatic heterocycles. The lowest BCUT2D eigenvalue weighted by atomic mass is 10.0. The minimum absolute atomic E-state index is 0.0113. The number of para-hydroxylation sites is 1. The van der Waals surface area contributed by atoms with Crippen LogP contribution in [0.3, 0.4) is 0 Å². The Hall–Kier alpha value is -3.03. The molecular formula is C16H19N7O. The average Bonchev–Trinajstić information content (AvgIpc) is 2.96. The predicted octanol–water partition coefficient (Wildman–Crippen LogP) is 1.93. The van der Waals surface area contributed by atoms with Crippen LogP contribution in [0.4, 0.5) is 17.6 Å². The first-order valence-corrected chi connectivity index (χ1v) is 7.79. The Kier molecular flexibility index (Phi) is 4.37. The van der Waals surface area contributed by atoms with Crippen molar-refractivity contribution in [2.75, 3.05) is 16.1 Å². The van der Waals surface area contributed by atoms with Crippen LogP contribution in [-0.4, -0.2) is 33.1 Å². The van der Waals surface area contributed by atoms with E-state index in [9.17, 15) is 4.79 Å². The van der Waals surface area contributed by atoms with Gasteiger partial charge in [0, 0.05) is 17.8 Å². The molecule has 8 nitrogen and oxygen atoms in total. The van der Waals surface area contributed by atoms with Gasteiger partial charge in [0.05, 0.1) is 6.04 Å². The van der Waals surface area contributed by atoms with E-state index in [-0.39, 0.29) is 29.7 Å². The third kappa shape index (κ3) is 3.17. The molecular weight excluding hydrogens is 306 g/mol. The second-order valence-corrected chi connectivity index (χ2v) is 5.58. The number of hydrogen-bond donors (Lipinski definition) is 2. The maximum Gasteiger partial charge on any atom is 0.293 e. The lowest BCUT2D eigenvalue weighted by Gasteiger charge is -2.23. The number of aromatic nitrogens is 3. The van der Waals surface area contributed by atoms with E-state index in [4.69, 9.17) is 5.73 Å². The zero-order valence-electron chi connectivity index (χ0n) is 13.5. The first-order valence-electron chi connectivity index (χ1n) is 7.79. The number of anilines is 3. The van der Waals surface area contributed by atoms with Gasteiger partial charge < -0.3 is 11.1 Å². The molecule has 1 amide bonds. The Morgan fingerprint density at radius 3 is 2.71 bits per heavy atom. The Bertz CT molecular complexity index is 762. The summed E-state index contributed by atoms with van der Waals surface area (Å²) in [6.07, 6.45) is 2.72. The maximum absolute atomic E-state index is 12.4. The van der Waals surface area contributed by atoms with Gasteiger partial charge in [-0.05, 0) is 18.6 Å². The Labute approximate surface area is 139 Å². The summed E-state index contributed by atoms with van der Waals surface area (Å²) in [6, 6.07) is 9.22. The van der Waals surface area contributed by atoms with Crippen molar-refractivity contribution in [2.24, 2.45) is 11.0 Å². The maximum atomic E-state index is 12.4. The van der Waals surface area contributed by atoms with E-state index < -0.39 is 5.91 Å². The van der Waals surface area contributed by atoms with Crippen LogP contribution >= 0.6 is 0 Å². The molecule has 2 aromatic rings. The largest absolute Gasteiger partial charge is 0.368 e. The molecule has 0 saturated heterocycles. The van der Waals surface area contributed by atoms with E-state index in [1.807, 2.05) is 24.4 Å². The van der Waals surface area contributed by atoms with Gasteiger partial charge in [0.15, 0.2) is 0 Å². The van der Waals surface area contributed by atoms with Crippen LogP contribution in [0.15, 0.2) is 35.4 Å². The number of carbonyl (C=O) groups is 1. The minimum Gasteiger partial charge on any atom is -0.368 e. The van der Waals surface area contributed by atoms with Crippen LogP contribution in [0.2, 0.25) is 0 Å². The fraction of sp³-hybridized carbons (Fsp3) is 0.312. The Morgan fingerprint density at radius 1 is 1.25 bits per heavy atom. The molecule has 3 rings (SSSR count). The second-order valence-electron chi connectivity index (χ2n) is 5.58. The first-order chi connectivity index (χ1) is 11.6. The SMILES string of the molecule is CCC1C(C)C=NN1c1nc(N)nc(C(=O)Nc2ccccc2)n1. The number of rotatable bonds is 4. The predicted molar refractivity (Wildman–Crippen MR) is 92.8 cm³/mol. The third-order valence-electron chi connectivity index (χ3n) is 3.85. The molecule has 0 spiro atoms. The zero-order chi connectivity index (χ0) is 17.1. The highest BCUT2D eigenvalue weighted by Gasteiger charge is 2.30. The molecule has 1 aliphatic heterocycles. The monoisotopic (exact) mass is 325 g/mol. The molecule has 2 heterocycles. The van der Waals surface area contributed by atoms with E-state index in [2.05, 4.69) is 39.2 Å². The number of nitrogens with one attached hydrogen (secondary N) is 1. The molecule has 24 heavy (non-hydrogen) atoms. The van der Waals surface area contributed by atoms with Crippen LogP contribution in [-0.2, 0) is 0 Å². The molecule has 0 bridgehead atoms. The van der Waals surface area contributed by atoms with E-state index in [1.54, 1.807) is 17.1 Å². The van der Waals surface area contributed by atoms with Crippen molar-refractivity contribution in [1.82, 2.24) is 15.0 Å². The average molecular weight is 325 g/mol. The smallest absolute Gasteiger partial charge is 0.293 e. The molecule has 8 heteroatoms. The highest BCUT2D eigenvalue weighted by molar-refractivity contribution is 6.01. The lowest BCUT2D eigenvalue weighted by Crippen LogP contribution is -2.32. The van der Waals surface area contributed by atoms with Crippen LogP contribution in [0.5, 0.6) is 0 Å². The van der Waals surface area contributed by atoms with Gasteiger partial charge in [0.25, 0.3) is 11.9 Å². The normalized spacial score (nSPS) is 19.5. The van der Waals surface area contributed by atoms with E-state index in [1.165, 1.54) is 0 Å². The Morgan fingerprint density at radius 2 is 2.00 bits per heavy atom. The highest BCUT2D eigenvalue weighted by atomic mass is 16.2. The van der Waals surface area contributed by atoms with Gasteiger partial charge in [0.1, 0.15) is 0 Å². The number of hydrazone groups is 1. The summed E-state index contributed by atoms with van der Waals surface area (Å²) >= 11 is 0. The fourth-order valence-corrected chi connectivity index (χ4v) is 2.62. The van der Waals surface area contributed by atoms with Crippen molar-refractivity contribution in [3.8, 4) is 0 Å². The highest BCUT2D eigenvalue weighted by Crippen LogP contribution is 2.24. The second kappa shape index (κ2) is 6.61. The van der Waals surface area contributed by atoms with Crippen molar-refractivity contribution < 1.29 is 4.79 Å². The quantitative estimate of drug-likeness (QED) is 0.889. The summed E-state index contributed by atoms with van der Waals surface area (Å²) in [4.78, 5) is 24.7. The number of nitrogen functional groups attached to an aromatic ring is 1. The number of hydrogen-bond acceptors (Lipinski definition) is 7. The first kappa shape index (κ1) is 15.9. The fourth-order valence-electron chi connectivity index (χ4n) is 2.62. The van der Waals surface area contributed by atoms with Crippen LogP contribution in [0.1, 0.15) is 30.9 Å². The summed E-state index contributed by atoms with van der Waals surface area (Å²) < 4.78 is 0. The molecule has 0 fully saturated rings. The topological polar surface area (TPSA) is 109 Å². The number of nitrogens with zero attached hydrogens (tertiary/aromatic N) is 5. The number of benzene rings is 1. The molecule has 0 saturated carbocycles. The van der Waals surface area contributed by atoms with Gasteiger partial charge in [-0.1, -0.05) is 32.0 Å². The van der Waals surface area contributed by atoms with Gasteiger partial charge in [-0.25, -0.2) is 5.01 Å². The van der Waals surface area contributed by atoms with Crippen molar-refractivity contribution >= 4 is 29.7 Å². The number of nitrogens with two attached hydrogens (primary N) is 1. The standard InChI is InChI=1S/C16H19N7O/c1-3-12-10(2)9-18-23(12)16-21-13(20-15(17)22-16)14(24)19-11-7-5-4-6-8-11/h4-10,12H,3H2,1-2H3,(H,19,24)(H2,17,20,21,22). The van der Waals surface area contributed by atoms with Crippen molar-refractivity contribution in [3.63, 3.8) is 0 Å². The molecule has 2 unspecified atom stereocenters. The van der Waals surface area contributed by atoms with Crippen molar-refractivity contribution in [2.45, 2.75) is 26.3 Å². The summed E-state index contributed by atoms with van der Waals surface area (Å²) in [5, 5.41) is 8.76. The number of carbonyl (C=O) groups excluding carboxylic acids is 1. The zero-order valence-corrected chi connectivity index (χ0v) is 13.5. The summed E-state index contributed by atoms with van der Waals surface area (Å²) in [6.45, 7) is 4.14. The van der Waals surface area contributed by atoms with E-state index in [0.29, 0.717) is 5.69 Å². The van der Waals surface area contributed by atoms with Gasteiger partial charge in [-0.3, -0.25) is 4.79 Å². The third-order valence-corrected chi connectivity index (χ3v) is 3.85. The summed E-state index contributed by atoms with van der Waals surface area (Å²) in [7, 11) is 0. The summed E-state index contributed by atoms with van der Waals surface area (Å²) in [5.41, 5.74) is 6.41.